The van der Waals surface area contributed by atoms with Crippen molar-refractivity contribution in [2.75, 3.05) is 19.8 Å². The highest BCUT2D eigenvalue weighted by atomic mass is 16.5. The first-order chi connectivity index (χ1) is 9.10. The molecule has 1 heterocycles. The van der Waals surface area contributed by atoms with E-state index in [0.29, 0.717) is 19.8 Å². The van der Waals surface area contributed by atoms with Gasteiger partial charge in [0.1, 0.15) is 0 Å². The second kappa shape index (κ2) is 8.51. The van der Waals surface area contributed by atoms with Gasteiger partial charge in [0.15, 0.2) is 0 Å². The Kier molecular flexibility index (Phi) is 7.34. The van der Waals surface area contributed by atoms with Crippen molar-refractivity contribution >= 4 is 5.91 Å². The molecule has 4 N–H and O–H groups in total. The van der Waals surface area contributed by atoms with E-state index in [9.17, 15) is 9.90 Å². The van der Waals surface area contributed by atoms with Crippen LogP contribution in [0.25, 0.3) is 0 Å². The lowest BCUT2D eigenvalue weighted by Gasteiger charge is -2.27. The molecule has 1 saturated heterocycles. The smallest absolute Gasteiger partial charge is 0.237 e. The van der Waals surface area contributed by atoms with E-state index >= 15 is 0 Å². The van der Waals surface area contributed by atoms with Gasteiger partial charge in [0, 0.05) is 19.8 Å². The number of nitrogens with two attached hydrogens (primary N) is 1. The summed E-state index contributed by atoms with van der Waals surface area (Å²) in [6, 6.07) is -0.488. The molecule has 1 aliphatic heterocycles. The zero-order valence-corrected chi connectivity index (χ0v) is 12.1. The molecule has 0 bridgehead atoms. The van der Waals surface area contributed by atoms with E-state index < -0.39 is 12.1 Å². The Hall–Kier alpha value is -0.650. The third-order valence-electron chi connectivity index (χ3n) is 4.15. The quantitative estimate of drug-likeness (QED) is 0.635. The third kappa shape index (κ3) is 5.09. The Morgan fingerprint density at radius 2 is 1.95 bits per heavy atom. The zero-order chi connectivity index (χ0) is 14.3. The van der Waals surface area contributed by atoms with Gasteiger partial charge in [-0.05, 0) is 24.7 Å². The van der Waals surface area contributed by atoms with Gasteiger partial charge in [-0.2, -0.15) is 0 Å². The third-order valence-corrected chi connectivity index (χ3v) is 4.15. The van der Waals surface area contributed by atoms with E-state index in [-0.39, 0.29) is 17.7 Å². The van der Waals surface area contributed by atoms with E-state index in [1.165, 1.54) is 0 Å². The molecule has 1 rings (SSSR count). The maximum atomic E-state index is 12.0. The van der Waals surface area contributed by atoms with Gasteiger partial charge < -0.3 is 20.9 Å². The predicted octanol–water partition coefficient (Wildman–Crippen LogP) is 0.654. The highest BCUT2D eigenvalue weighted by molar-refractivity contribution is 5.81. The molecule has 0 aliphatic carbocycles. The Morgan fingerprint density at radius 3 is 2.47 bits per heavy atom. The molecule has 2 unspecified atom stereocenters. The summed E-state index contributed by atoms with van der Waals surface area (Å²) in [6.45, 7) is 5.76. The lowest BCUT2D eigenvalue weighted by Crippen LogP contribution is -2.49. The molecule has 0 aromatic rings. The minimum absolute atomic E-state index is 0.156. The maximum Gasteiger partial charge on any atom is 0.237 e. The van der Waals surface area contributed by atoms with Crippen LogP contribution in [0.15, 0.2) is 0 Å². The van der Waals surface area contributed by atoms with Crippen molar-refractivity contribution < 1.29 is 14.6 Å². The van der Waals surface area contributed by atoms with Crippen molar-refractivity contribution in [3.8, 4) is 0 Å². The molecule has 1 aliphatic rings. The molecule has 1 fully saturated rings. The summed E-state index contributed by atoms with van der Waals surface area (Å²) in [5.74, 6) is 0.274. The first kappa shape index (κ1) is 16.4. The summed E-state index contributed by atoms with van der Waals surface area (Å²) in [6.07, 6.45) is 3.02. The largest absolute Gasteiger partial charge is 0.391 e. The zero-order valence-electron chi connectivity index (χ0n) is 12.1. The monoisotopic (exact) mass is 272 g/mol. The van der Waals surface area contributed by atoms with Gasteiger partial charge in [-0.3, -0.25) is 4.79 Å². The van der Waals surface area contributed by atoms with E-state index in [1.807, 2.05) is 13.8 Å². The summed E-state index contributed by atoms with van der Waals surface area (Å²) in [7, 11) is 0. The van der Waals surface area contributed by atoms with Crippen LogP contribution in [0, 0.1) is 11.8 Å². The summed E-state index contributed by atoms with van der Waals surface area (Å²) in [5, 5.41) is 12.7. The number of amides is 1. The molecule has 0 saturated carbocycles. The van der Waals surface area contributed by atoms with Gasteiger partial charge >= 0.3 is 0 Å². The van der Waals surface area contributed by atoms with Gasteiger partial charge in [-0.15, -0.1) is 0 Å². The van der Waals surface area contributed by atoms with Crippen LogP contribution < -0.4 is 11.1 Å². The SMILES string of the molecule is CCC(CC)C(O)CNC(=O)C(N)C1CCOCC1. The minimum atomic E-state index is -0.488. The molecule has 112 valence electrons. The fourth-order valence-corrected chi connectivity index (χ4v) is 2.61. The molecular weight excluding hydrogens is 244 g/mol. The Labute approximate surface area is 115 Å². The molecular formula is C14H28N2O3. The van der Waals surface area contributed by atoms with Crippen LogP contribution in [-0.4, -0.2) is 42.9 Å². The summed E-state index contributed by atoms with van der Waals surface area (Å²) >= 11 is 0. The van der Waals surface area contributed by atoms with Crippen molar-refractivity contribution in [2.24, 2.45) is 17.6 Å². The fourth-order valence-electron chi connectivity index (χ4n) is 2.61. The average molecular weight is 272 g/mol. The van der Waals surface area contributed by atoms with Crippen molar-refractivity contribution in [3.05, 3.63) is 0 Å². The highest BCUT2D eigenvalue weighted by Gasteiger charge is 2.27. The van der Waals surface area contributed by atoms with Crippen LogP contribution >= 0.6 is 0 Å². The van der Waals surface area contributed by atoms with Crippen molar-refractivity contribution in [1.82, 2.24) is 5.32 Å². The molecule has 0 spiro atoms. The highest BCUT2D eigenvalue weighted by Crippen LogP contribution is 2.18. The molecule has 19 heavy (non-hydrogen) atoms. The Morgan fingerprint density at radius 1 is 1.37 bits per heavy atom. The van der Waals surface area contributed by atoms with Crippen LogP contribution in [0.5, 0.6) is 0 Å². The topological polar surface area (TPSA) is 84.6 Å². The first-order valence-corrected chi connectivity index (χ1v) is 7.39. The lowest BCUT2D eigenvalue weighted by atomic mass is 9.91. The van der Waals surface area contributed by atoms with E-state index in [4.69, 9.17) is 10.5 Å². The second-order valence-corrected chi connectivity index (χ2v) is 5.36. The number of aliphatic hydroxyl groups is 1. The van der Waals surface area contributed by atoms with E-state index in [0.717, 1.165) is 25.7 Å². The molecule has 0 aromatic heterocycles. The number of ether oxygens (including phenoxy) is 1. The maximum absolute atomic E-state index is 12.0. The standard InChI is InChI=1S/C14H28N2O3/c1-3-10(4-2)12(17)9-16-14(18)13(15)11-5-7-19-8-6-11/h10-13,17H,3-9,15H2,1-2H3,(H,16,18). The molecule has 0 aromatic carbocycles. The minimum Gasteiger partial charge on any atom is -0.391 e. The summed E-state index contributed by atoms with van der Waals surface area (Å²) < 4.78 is 5.26. The predicted molar refractivity (Wildman–Crippen MR) is 74.6 cm³/mol. The van der Waals surface area contributed by atoms with Crippen LogP contribution in [0.2, 0.25) is 0 Å². The number of rotatable bonds is 7. The first-order valence-electron chi connectivity index (χ1n) is 7.39. The fraction of sp³-hybridized carbons (Fsp3) is 0.929. The summed E-state index contributed by atoms with van der Waals surface area (Å²) in [5.41, 5.74) is 5.97. The van der Waals surface area contributed by atoms with Gasteiger partial charge in [-0.25, -0.2) is 0 Å². The van der Waals surface area contributed by atoms with Crippen LogP contribution in [0.1, 0.15) is 39.5 Å². The molecule has 0 radical (unpaired) electrons. The molecule has 1 amide bonds. The Bertz CT molecular complexity index is 263. The average Bonchev–Trinajstić information content (AvgIpc) is 2.46. The van der Waals surface area contributed by atoms with Crippen LogP contribution in [-0.2, 0) is 9.53 Å². The number of hydrogen-bond donors (Lipinski definition) is 3. The molecule has 5 nitrogen and oxygen atoms in total. The van der Waals surface area contributed by atoms with Crippen molar-refractivity contribution in [1.29, 1.82) is 0 Å². The van der Waals surface area contributed by atoms with Crippen LogP contribution in [0.4, 0.5) is 0 Å². The van der Waals surface area contributed by atoms with Gasteiger partial charge in [0.25, 0.3) is 0 Å². The normalized spacial score (nSPS) is 20.3. The van der Waals surface area contributed by atoms with Crippen LogP contribution in [0.3, 0.4) is 0 Å². The van der Waals surface area contributed by atoms with Gasteiger partial charge in [0.05, 0.1) is 12.1 Å². The number of carbonyl (C=O) groups is 1. The lowest BCUT2D eigenvalue weighted by molar-refractivity contribution is -0.125. The number of carbonyl (C=O) groups excluding carboxylic acids is 1. The van der Waals surface area contributed by atoms with Gasteiger partial charge in [-0.1, -0.05) is 26.7 Å². The van der Waals surface area contributed by atoms with E-state index in [1.54, 1.807) is 0 Å². The van der Waals surface area contributed by atoms with Crippen molar-refractivity contribution in [3.63, 3.8) is 0 Å². The van der Waals surface area contributed by atoms with Crippen molar-refractivity contribution in [2.45, 2.75) is 51.7 Å². The molecule has 2 atom stereocenters. The van der Waals surface area contributed by atoms with E-state index in [2.05, 4.69) is 5.32 Å². The number of aliphatic hydroxyl groups excluding tert-OH is 1. The number of hydrogen-bond acceptors (Lipinski definition) is 4. The van der Waals surface area contributed by atoms with Gasteiger partial charge in [0.2, 0.25) is 5.91 Å². The second-order valence-electron chi connectivity index (χ2n) is 5.36. The summed E-state index contributed by atoms with van der Waals surface area (Å²) in [4.78, 5) is 12.0. The Balaban J connectivity index is 2.33. The number of nitrogens with one attached hydrogen (secondary N) is 1. The molecule has 5 heteroatoms.